The highest BCUT2D eigenvalue weighted by Crippen LogP contribution is 2.26. The van der Waals surface area contributed by atoms with E-state index in [2.05, 4.69) is 35.5 Å². The maximum absolute atomic E-state index is 5.83. The summed E-state index contributed by atoms with van der Waals surface area (Å²) in [6, 6.07) is 8.57. The van der Waals surface area contributed by atoms with Crippen LogP contribution in [0.25, 0.3) is 0 Å². The summed E-state index contributed by atoms with van der Waals surface area (Å²) in [5.41, 5.74) is 2.77. The lowest BCUT2D eigenvalue weighted by Crippen LogP contribution is -2.28. The molecule has 1 unspecified atom stereocenters. The van der Waals surface area contributed by atoms with Gasteiger partial charge in [0.25, 0.3) is 0 Å². The SMILES string of the molecule is C#CCSCCNCC1OCCc2ccccc21. The molecule has 3 heteroatoms. The highest BCUT2D eigenvalue weighted by Gasteiger charge is 2.19. The molecular weight excluding hydrogens is 242 g/mol. The van der Waals surface area contributed by atoms with Crippen molar-refractivity contribution >= 4 is 11.8 Å². The summed E-state index contributed by atoms with van der Waals surface area (Å²) in [6.45, 7) is 2.69. The number of rotatable bonds is 6. The van der Waals surface area contributed by atoms with Gasteiger partial charge in [-0.1, -0.05) is 30.2 Å². The Morgan fingerprint density at radius 1 is 1.44 bits per heavy atom. The zero-order chi connectivity index (χ0) is 12.6. The van der Waals surface area contributed by atoms with Crippen LogP contribution in [-0.4, -0.2) is 31.2 Å². The van der Waals surface area contributed by atoms with Gasteiger partial charge in [-0.2, -0.15) is 0 Å². The molecule has 0 saturated carbocycles. The summed E-state index contributed by atoms with van der Waals surface area (Å²) in [7, 11) is 0. The lowest BCUT2D eigenvalue weighted by atomic mass is 9.98. The molecule has 18 heavy (non-hydrogen) atoms. The molecule has 1 aromatic rings. The Balaban J connectivity index is 1.76. The molecule has 0 radical (unpaired) electrons. The summed E-state index contributed by atoms with van der Waals surface area (Å²) >= 11 is 1.79. The van der Waals surface area contributed by atoms with Crippen molar-refractivity contribution in [1.82, 2.24) is 5.32 Å². The highest BCUT2D eigenvalue weighted by molar-refractivity contribution is 7.99. The van der Waals surface area contributed by atoms with Gasteiger partial charge in [-0.15, -0.1) is 18.2 Å². The summed E-state index contributed by atoms with van der Waals surface area (Å²) < 4.78 is 5.83. The predicted octanol–water partition coefficient (Wildman–Crippen LogP) is 2.26. The van der Waals surface area contributed by atoms with Crippen LogP contribution in [0, 0.1) is 12.3 Å². The third-order valence-electron chi connectivity index (χ3n) is 3.03. The molecule has 1 heterocycles. The molecule has 0 bridgehead atoms. The second kappa shape index (κ2) is 7.48. The van der Waals surface area contributed by atoms with E-state index in [4.69, 9.17) is 11.2 Å². The number of ether oxygens (including phenoxy) is 1. The van der Waals surface area contributed by atoms with Crippen molar-refractivity contribution in [2.45, 2.75) is 12.5 Å². The van der Waals surface area contributed by atoms with Gasteiger partial charge in [0.15, 0.2) is 0 Å². The minimum Gasteiger partial charge on any atom is -0.372 e. The third-order valence-corrected chi connectivity index (χ3v) is 3.89. The largest absolute Gasteiger partial charge is 0.372 e. The standard InChI is InChI=1S/C15H19NOS/c1-2-10-18-11-8-16-12-15-14-6-4-3-5-13(14)7-9-17-15/h1,3-6,15-16H,7-12H2. The molecule has 1 atom stereocenters. The second-order valence-electron chi connectivity index (χ2n) is 4.27. The zero-order valence-corrected chi connectivity index (χ0v) is 11.3. The lowest BCUT2D eigenvalue weighted by molar-refractivity contribution is 0.0430. The van der Waals surface area contributed by atoms with Crippen LogP contribution in [0.4, 0.5) is 0 Å². The first-order valence-corrected chi connectivity index (χ1v) is 7.48. The Hall–Kier alpha value is -0.950. The molecule has 1 aliphatic heterocycles. The number of benzene rings is 1. The average molecular weight is 261 g/mol. The van der Waals surface area contributed by atoms with E-state index in [9.17, 15) is 0 Å². The summed E-state index contributed by atoms with van der Waals surface area (Å²) in [4.78, 5) is 0. The van der Waals surface area contributed by atoms with Crippen molar-refractivity contribution in [2.24, 2.45) is 0 Å². The Morgan fingerprint density at radius 2 is 2.33 bits per heavy atom. The van der Waals surface area contributed by atoms with Crippen molar-refractivity contribution < 1.29 is 4.74 Å². The van der Waals surface area contributed by atoms with Crippen LogP contribution in [0.3, 0.4) is 0 Å². The second-order valence-corrected chi connectivity index (χ2v) is 5.37. The van der Waals surface area contributed by atoms with Crippen molar-refractivity contribution in [3.8, 4) is 12.3 Å². The fourth-order valence-electron chi connectivity index (χ4n) is 2.15. The van der Waals surface area contributed by atoms with Gasteiger partial charge in [0.05, 0.1) is 18.5 Å². The van der Waals surface area contributed by atoms with Crippen LogP contribution in [0.15, 0.2) is 24.3 Å². The Morgan fingerprint density at radius 3 is 3.22 bits per heavy atom. The maximum Gasteiger partial charge on any atom is 0.0952 e. The molecule has 0 spiro atoms. The lowest BCUT2D eigenvalue weighted by Gasteiger charge is -2.26. The van der Waals surface area contributed by atoms with Crippen LogP contribution >= 0.6 is 11.8 Å². The fourth-order valence-corrected chi connectivity index (χ4v) is 2.71. The Labute approximate surface area is 113 Å². The van der Waals surface area contributed by atoms with Crippen LogP contribution in [0.5, 0.6) is 0 Å². The molecule has 2 nitrogen and oxygen atoms in total. The van der Waals surface area contributed by atoms with E-state index in [1.165, 1.54) is 11.1 Å². The Kier molecular flexibility index (Phi) is 5.60. The molecule has 1 N–H and O–H groups in total. The van der Waals surface area contributed by atoms with Gasteiger partial charge >= 0.3 is 0 Å². The highest BCUT2D eigenvalue weighted by atomic mass is 32.2. The van der Waals surface area contributed by atoms with E-state index in [-0.39, 0.29) is 6.10 Å². The summed E-state index contributed by atoms with van der Waals surface area (Å²) in [5.74, 6) is 4.48. The topological polar surface area (TPSA) is 21.3 Å². The van der Waals surface area contributed by atoms with Crippen molar-refractivity contribution in [2.75, 3.05) is 31.2 Å². The molecule has 2 rings (SSSR count). The fraction of sp³-hybridized carbons (Fsp3) is 0.467. The van der Waals surface area contributed by atoms with E-state index in [1.807, 2.05) is 0 Å². The number of thioether (sulfide) groups is 1. The van der Waals surface area contributed by atoms with E-state index in [1.54, 1.807) is 11.8 Å². The van der Waals surface area contributed by atoms with Gasteiger partial charge in [0.1, 0.15) is 0 Å². The average Bonchev–Trinajstić information content (AvgIpc) is 2.43. The first-order valence-electron chi connectivity index (χ1n) is 6.33. The first-order chi connectivity index (χ1) is 8.92. The van der Waals surface area contributed by atoms with Crippen molar-refractivity contribution in [3.63, 3.8) is 0 Å². The van der Waals surface area contributed by atoms with Crippen LogP contribution in [-0.2, 0) is 11.2 Å². The first kappa shape index (κ1) is 13.5. The quantitative estimate of drug-likeness (QED) is 0.627. The molecule has 0 fully saturated rings. The summed E-state index contributed by atoms with van der Waals surface area (Å²) in [5, 5.41) is 3.44. The molecule has 96 valence electrons. The normalized spacial score (nSPS) is 18.1. The summed E-state index contributed by atoms with van der Waals surface area (Å²) in [6.07, 6.45) is 6.44. The third kappa shape index (κ3) is 3.78. The minimum atomic E-state index is 0.201. The van der Waals surface area contributed by atoms with Gasteiger partial charge < -0.3 is 10.1 Å². The molecule has 0 aromatic heterocycles. The molecule has 0 amide bonds. The molecule has 0 aliphatic carbocycles. The zero-order valence-electron chi connectivity index (χ0n) is 10.5. The predicted molar refractivity (Wildman–Crippen MR) is 77.9 cm³/mol. The van der Waals surface area contributed by atoms with Crippen LogP contribution in [0.1, 0.15) is 17.2 Å². The maximum atomic E-state index is 5.83. The van der Waals surface area contributed by atoms with E-state index in [0.717, 1.165) is 37.6 Å². The van der Waals surface area contributed by atoms with Crippen LogP contribution < -0.4 is 5.32 Å². The van der Waals surface area contributed by atoms with Crippen LogP contribution in [0.2, 0.25) is 0 Å². The monoisotopic (exact) mass is 261 g/mol. The number of nitrogens with one attached hydrogen (secondary N) is 1. The Bertz CT molecular complexity index is 413. The van der Waals surface area contributed by atoms with Gasteiger partial charge in [0, 0.05) is 18.8 Å². The van der Waals surface area contributed by atoms with Gasteiger partial charge in [-0.3, -0.25) is 0 Å². The number of terminal acetylenes is 1. The molecular formula is C15H19NOS. The van der Waals surface area contributed by atoms with E-state index >= 15 is 0 Å². The minimum absolute atomic E-state index is 0.201. The van der Waals surface area contributed by atoms with Crippen molar-refractivity contribution in [3.05, 3.63) is 35.4 Å². The van der Waals surface area contributed by atoms with Gasteiger partial charge in [-0.25, -0.2) is 0 Å². The van der Waals surface area contributed by atoms with Crippen molar-refractivity contribution in [1.29, 1.82) is 0 Å². The molecule has 1 aliphatic rings. The number of fused-ring (bicyclic) bond motifs is 1. The van der Waals surface area contributed by atoms with E-state index in [0.29, 0.717) is 0 Å². The van der Waals surface area contributed by atoms with Gasteiger partial charge in [-0.05, 0) is 17.5 Å². The van der Waals surface area contributed by atoms with Gasteiger partial charge in [0.2, 0.25) is 0 Å². The number of hydrogen-bond acceptors (Lipinski definition) is 3. The molecule has 1 aromatic carbocycles. The smallest absolute Gasteiger partial charge is 0.0952 e. The number of hydrogen-bond donors (Lipinski definition) is 1. The molecule has 0 saturated heterocycles. The van der Waals surface area contributed by atoms with E-state index < -0.39 is 0 Å².